The number of ether oxygens (including phenoxy) is 1. The molecule has 3 rings (SSSR count). The molecule has 1 unspecified atom stereocenters. The predicted octanol–water partition coefficient (Wildman–Crippen LogP) is 2.44. The van der Waals surface area contributed by atoms with E-state index in [9.17, 15) is 19.5 Å². The van der Waals surface area contributed by atoms with Crippen molar-refractivity contribution in [3.8, 4) is 5.75 Å². The summed E-state index contributed by atoms with van der Waals surface area (Å²) < 4.78 is 5.61. The fourth-order valence-corrected chi connectivity index (χ4v) is 4.03. The van der Waals surface area contributed by atoms with Crippen molar-refractivity contribution in [3.05, 3.63) is 24.3 Å². The van der Waals surface area contributed by atoms with Crippen LogP contribution in [0.4, 0.5) is 5.69 Å². The maximum atomic E-state index is 12.8. The predicted molar refractivity (Wildman–Crippen MR) is 99.7 cm³/mol. The molecule has 0 saturated heterocycles. The van der Waals surface area contributed by atoms with E-state index in [1.165, 1.54) is 4.90 Å². The fraction of sp³-hybridized carbons (Fsp3) is 0.550. The van der Waals surface area contributed by atoms with E-state index in [4.69, 9.17) is 4.74 Å². The van der Waals surface area contributed by atoms with Crippen molar-refractivity contribution >= 4 is 23.5 Å². The molecule has 1 N–H and O–H groups in total. The van der Waals surface area contributed by atoms with Crippen molar-refractivity contribution in [1.29, 1.82) is 0 Å². The Morgan fingerprint density at radius 3 is 2.59 bits per heavy atom. The van der Waals surface area contributed by atoms with Crippen LogP contribution >= 0.6 is 0 Å². The molecule has 7 heteroatoms. The number of carbonyl (C=O) groups excluding carboxylic acids is 2. The second-order valence-corrected chi connectivity index (χ2v) is 7.32. The molecule has 1 fully saturated rings. The molecule has 1 aromatic rings. The Morgan fingerprint density at radius 1 is 1.26 bits per heavy atom. The highest BCUT2D eigenvalue weighted by molar-refractivity contribution is 6.00. The molecule has 2 amide bonds. The average molecular weight is 374 g/mol. The van der Waals surface area contributed by atoms with Gasteiger partial charge in [0.05, 0.1) is 5.69 Å². The monoisotopic (exact) mass is 374 g/mol. The van der Waals surface area contributed by atoms with Crippen LogP contribution in [0.25, 0.3) is 0 Å². The molecule has 1 saturated carbocycles. The summed E-state index contributed by atoms with van der Waals surface area (Å²) in [7, 11) is 1.57. The number of carboxylic acids is 1. The van der Waals surface area contributed by atoms with Crippen LogP contribution in [0.15, 0.2) is 24.3 Å². The number of anilines is 1. The minimum atomic E-state index is -1.13. The summed E-state index contributed by atoms with van der Waals surface area (Å²) in [5, 5.41) is 9.76. The van der Waals surface area contributed by atoms with Crippen molar-refractivity contribution in [2.24, 2.45) is 0 Å². The second kappa shape index (κ2) is 7.58. The smallest absolute Gasteiger partial charge is 0.329 e. The van der Waals surface area contributed by atoms with Crippen LogP contribution in [0.5, 0.6) is 5.75 Å². The number of aliphatic carboxylic acids is 1. The van der Waals surface area contributed by atoms with E-state index in [1.54, 1.807) is 31.0 Å². The summed E-state index contributed by atoms with van der Waals surface area (Å²) in [5.74, 6) is -0.794. The highest BCUT2D eigenvalue weighted by atomic mass is 16.5. The van der Waals surface area contributed by atoms with Gasteiger partial charge in [-0.05, 0) is 31.9 Å². The molecule has 0 aromatic heterocycles. The third-order valence-electron chi connectivity index (χ3n) is 5.72. The first-order valence-electron chi connectivity index (χ1n) is 9.44. The number of hydrogen-bond donors (Lipinski definition) is 1. The van der Waals surface area contributed by atoms with Crippen LogP contribution in [0.2, 0.25) is 0 Å². The molecule has 2 aliphatic rings. The van der Waals surface area contributed by atoms with Crippen LogP contribution in [-0.2, 0) is 14.4 Å². The lowest BCUT2D eigenvalue weighted by Gasteiger charge is -2.41. The lowest BCUT2D eigenvalue weighted by atomic mass is 9.80. The number of amides is 2. The van der Waals surface area contributed by atoms with Crippen LogP contribution in [0.3, 0.4) is 0 Å². The second-order valence-electron chi connectivity index (χ2n) is 7.32. The van der Waals surface area contributed by atoms with E-state index in [1.807, 2.05) is 12.1 Å². The molecule has 1 atom stereocenters. The third-order valence-corrected chi connectivity index (χ3v) is 5.72. The first-order valence-corrected chi connectivity index (χ1v) is 9.44. The van der Waals surface area contributed by atoms with Gasteiger partial charge in [-0.3, -0.25) is 9.59 Å². The normalized spacial score (nSPS) is 21.2. The first kappa shape index (κ1) is 19.2. The van der Waals surface area contributed by atoms with Crippen LogP contribution in [-0.4, -0.2) is 53.0 Å². The zero-order chi connectivity index (χ0) is 19.6. The summed E-state index contributed by atoms with van der Waals surface area (Å²) in [6.45, 7) is 1.88. The van der Waals surface area contributed by atoms with E-state index in [2.05, 4.69) is 0 Å². The molecule has 0 bridgehead atoms. The molecule has 1 aliphatic carbocycles. The maximum Gasteiger partial charge on any atom is 0.329 e. The Morgan fingerprint density at radius 2 is 1.93 bits per heavy atom. The van der Waals surface area contributed by atoms with Gasteiger partial charge in [0, 0.05) is 20.0 Å². The fourth-order valence-electron chi connectivity index (χ4n) is 4.03. The number of fused-ring (bicyclic) bond motifs is 1. The van der Waals surface area contributed by atoms with Crippen molar-refractivity contribution in [2.75, 3.05) is 18.5 Å². The summed E-state index contributed by atoms with van der Waals surface area (Å²) in [6, 6.07) is 7.22. The molecule has 0 spiro atoms. The quantitative estimate of drug-likeness (QED) is 0.855. The van der Waals surface area contributed by atoms with Crippen molar-refractivity contribution in [1.82, 2.24) is 4.90 Å². The third kappa shape index (κ3) is 3.50. The Balaban J connectivity index is 1.73. The van der Waals surface area contributed by atoms with Crippen LogP contribution < -0.4 is 9.64 Å². The molecule has 1 aromatic carbocycles. The number of benzene rings is 1. The molecule has 146 valence electrons. The van der Waals surface area contributed by atoms with Gasteiger partial charge >= 0.3 is 5.97 Å². The summed E-state index contributed by atoms with van der Waals surface area (Å²) >= 11 is 0. The van der Waals surface area contributed by atoms with Gasteiger partial charge in [-0.25, -0.2) is 4.79 Å². The summed E-state index contributed by atoms with van der Waals surface area (Å²) in [4.78, 5) is 40.2. The van der Waals surface area contributed by atoms with Gasteiger partial charge in [0.15, 0.2) is 6.10 Å². The van der Waals surface area contributed by atoms with Crippen molar-refractivity contribution in [3.63, 3.8) is 0 Å². The topological polar surface area (TPSA) is 87.2 Å². The Hall–Kier alpha value is -2.57. The minimum absolute atomic E-state index is 0.0678. The molecular formula is C20H26N2O5. The molecule has 1 aliphatic heterocycles. The molecular weight excluding hydrogens is 348 g/mol. The Labute approximate surface area is 158 Å². The van der Waals surface area contributed by atoms with E-state index in [-0.39, 0.29) is 24.8 Å². The zero-order valence-electron chi connectivity index (χ0n) is 15.8. The number of rotatable bonds is 5. The lowest BCUT2D eigenvalue weighted by Crippen LogP contribution is -2.56. The minimum Gasteiger partial charge on any atom is -0.479 e. The van der Waals surface area contributed by atoms with Gasteiger partial charge in [-0.15, -0.1) is 0 Å². The lowest BCUT2D eigenvalue weighted by molar-refractivity contribution is -0.160. The maximum absolute atomic E-state index is 12.8. The van der Waals surface area contributed by atoms with Gasteiger partial charge < -0.3 is 19.6 Å². The van der Waals surface area contributed by atoms with Gasteiger partial charge in [0.2, 0.25) is 5.91 Å². The van der Waals surface area contributed by atoms with Crippen LogP contribution in [0.1, 0.15) is 45.4 Å². The van der Waals surface area contributed by atoms with Gasteiger partial charge in [0.1, 0.15) is 11.3 Å². The summed E-state index contributed by atoms with van der Waals surface area (Å²) in [5.41, 5.74) is -0.489. The number of carboxylic acid groups (broad SMARTS) is 1. The van der Waals surface area contributed by atoms with Crippen molar-refractivity contribution < 1.29 is 24.2 Å². The number of nitrogens with zero attached hydrogens (tertiary/aromatic N) is 2. The van der Waals surface area contributed by atoms with Gasteiger partial charge in [-0.1, -0.05) is 31.4 Å². The highest BCUT2D eigenvalue weighted by Gasteiger charge is 2.45. The van der Waals surface area contributed by atoms with Crippen LogP contribution in [0, 0.1) is 0 Å². The number of carbonyl (C=O) groups is 3. The number of likely N-dealkylation sites (N-methyl/N-ethyl adjacent to an activating group) is 1. The van der Waals surface area contributed by atoms with E-state index in [0.29, 0.717) is 24.3 Å². The zero-order valence-corrected chi connectivity index (χ0v) is 15.8. The highest BCUT2D eigenvalue weighted by Crippen LogP contribution is 2.35. The number of hydrogen-bond acceptors (Lipinski definition) is 4. The van der Waals surface area contributed by atoms with Gasteiger partial charge in [-0.2, -0.15) is 0 Å². The molecule has 27 heavy (non-hydrogen) atoms. The Bertz CT molecular complexity index is 742. The summed E-state index contributed by atoms with van der Waals surface area (Å²) in [6.07, 6.45) is 3.00. The van der Waals surface area contributed by atoms with E-state index >= 15 is 0 Å². The average Bonchev–Trinajstić information content (AvgIpc) is 2.68. The van der Waals surface area contributed by atoms with E-state index in [0.717, 1.165) is 19.3 Å². The first-order chi connectivity index (χ1) is 12.9. The molecule has 0 radical (unpaired) electrons. The SMILES string of the molecule is CC1Oc2ccccc2N(CCC(=O)N(C)C2(C(=O)O)CCCCC2)C1=O. The van der Waals surface area contributed by atoms with E-state index < -0.39 is 17.6 Å². The van der Waals surface area contributed by atoms with Crippen molar-refractivity contribution in [2.45, 2.75) is 57.1 Å². The molecule has 7 nitrogen and oxygen atoms in total. The standard InChI is InChI=1S/C20H26N2O5/c1-14-18(24)22(15-8-4-5-9-16(15)27-14)13-10-17(23)21(2)20(19(25)26)11-6-3-7-12-20/h4-5,8-9,14H,3,6-7,10-13H2,1-2H3,(H,25,26). The van der Waals surface area contributed by atoms with Gasteiger partial charge in [0.25, 0.3) is 5.91 Å². The molecule has 1 heterocycles. The largest absolute Gasteiger partial charge is 0.479 e. The Kier molecular flexibility index (Phi) is 5.39. The number of para-hydroxylation sites is 2.